The van der Waals surface area contributed by atoms with Crippen molar-refractivity contribution < 1.29 is 9.47 Å². The van der Waals surface area contributed by atoms with Crippen LogP contribution >= 0.6 is 15.9 Å². The third-order valence-corrected chi connectivity index (χ3v) is 5.14. The number of hydrogen-bond donors (Lipinski definition) is 0. The highest BCUT2D eigenvalue weighted by atomic mass is 79.9. The Hall–Kier alpha value is -3.03. The monoisotopic (exact) mass is 447 g/mol. The largest absolute Gasteiger partial charge is 0.493 e. The molecule has 3 aromatic carbocycles. The minimum atomic E-state index is 0.442. The molecule has 0 fully saturated rings. The zero-order valence-corrected chi connectivity index (χ0v) is 18.3. The summed E-state index contributed by atoms with van der Waals surface area (Å²) in [7, 11) is 1.61. The smallest absolute Gasteiger partial charge is 0.175 e. The predicted octanol–water partition coefficient (Wildman–Crippen LogP) is 6.72. The Morgan fingerprint density at radius 3 is 2.21 bits per heavy atom. The van der Waals surface area contributed by atoms with Crippen molar-refractivity contribution in [1.82, 2.24) is 0 Å². The van der Waals surface area contributed by atoms with E-state index >= 15 is 0 Å². The van der Waals surface area contributed by atoms with Crippen molar-refractivity contribution in [2.45, 2.75) is 20.5 Å². The van der Waals surface area contributed by atoms with E-state index in [4.69, 9.17) is 9.47 Å². The third-order valence-electron chi connectivity index (χ3n) is 4.55. The lowest BCUT2D eigenvalue weighted by atomic mass is 10.0. The summed E-state index contributed by atoms with van der Waals surface area (Å²) in [6, 6.07) is 22.2. The maximum atomic E-state index is 9.60. The molecule has 3 aromatic rings. The number of benzene rings is 3. The van der Waals surface area contributed by atoms with Gasteiger partial charge in [-0.2, -0.15) is 5.26 Å². The first kappa shape index (κ1) is 20.7. The van der Waals surface area contributed by atoms with Crippen LogP contribution in [0, 0.1) is 25.2 Å². The van der Waals surface area contributed by atoms with Crippen LogP contribution in [0.1, 0.15) is 27.8 Å². The van der Waals surface area contributed by atoms with Gasteiger partial charge in [-0.1, -0.05) is 59.7 Å². The van der Waals surface area contributed by atoms with E-state index in [1.807, 2.05) is 61.5 Å². The van der Waals surface area contributed by atoms with Gasteiger partial charge in [0.25, 0.3) is 0 Å². The highest BCUT2D eigenvalue weighted by Crippen LogP contribution is 2.38. The third kappa shape index (κ3) is 5.28. The van der Waals surface area contributed by atoms with E-state index in [0.29, 0.717) is 23.7 Å². The molecule has 0 aliphatic carbocycles. The lowest BCUT2D eigenvalue weighted by Gasteiger charge is -2.14. The second kappa shape index (κ2) is 9.45. The van der Waals surface area contributed by atoms with Crippen molar-refractivity contribution in [1.29, 1.82) is 5.26 Å². The Morgan fingerprint density at radius 1 is 1.00 bits per heavy atom. The van der Waals surface area contributed by atoms with E-state index in [1.54, 1.807) is 7.11 Å². The zero-order chi connectivity index (χ0) is 20.8. The van der Waals surface area contributed by atoms with Crippen LogP contribution < -0.4 is 9.47 Å². The first-order valence-electron chi connectivity index (χ1n) is 9.25. The van der Waals surface area contributed by atoms with Crippen LogP contribution in [-0.2, 0) is 6.61 Å². The van der Waals surface area contributed by atoms with Crippen LogP contribution in [0.2, 0.25) is 0 Å². The molecule has 0 radical (unpaired) electrons. The fraction of sp³-hybridized carbons (Fsp3) is 0.160. The Labute approximate surface area is 180 Å². The normalized spacial score (nSPS) is 11.1. The molecular formula is C25H22BrNO2. The van der Waals surface area contributed by atoms with Crippen molar-refractivity contribution in [2.24, 2.45) is 0 Å². The fourth-order valence-corrected chi connectivity index (χ4v) is 3.46. The van der Waals surface area contributed by atoms with E-state index in [0.717, 1.165) is 26.7 Å². The molecule has 146 valence electrons. The molecule has 0 aliphatic heterocycles. The highest BCUT2D eigenvalue weighted by Gasteiger charge is 2.12. The summed E-state index contributed by atoms with van der Waals surface area (Å²) in [5.74, 6) is 1.25. The summed E-state index contributed by atoms with van der Waals surface area (Å²) in [6.07, 6.45) is 1.85. The Morgan fingerprint density at radius 2 is 1.62 bits per heavy atom. The van der Waals surface area contributed by atoms with Gasteiger partial charge in [0.15, 0.2) is 11.5 Å². The molecule has 0 atom stereocenters. The minimum absolute atomic E-state index is 0.442. The molecule has 3 nitrogen and oxygen atoms in total. The molecule has 0 bridgehead atoms. The van der Waals surface area contributed by atoms with Crippen molar-refractivity contribution in [3.8, 4) is 17.6 Å². The average Bonchev–Trinajstić information content (AvgIpc) is 2.72. The molecule has 0 unspecified atom stereocenters. The standard InChI is InChI=1S/C25H22BrNO2/c1-17-4-8-19(9-5-17)16-29-25-23(26)13-20(14-24(25)28-3)12-22(15-27)21-10-6-18(2)7-11-21/h4-14H,16H2,1-3H3/b22-12-. The Bertz CT molecular complexity index is 1060. The van der Waals surface area contributed by atoms with Gasteiger partial charge in [-0.3, -0.25) is 0 Å². The SMILES string of the molecule is COc1cc(/C=C(/C#N)c2ccc(C)cc2)cc(Br)c1OCc1ccc(C)cc1. The number of nitrogens with zero attached hydrogens (tertiary/aromatic N) is 1. The number of aryl methyl sites for hydroxylation is 2. The quantitative estimate of drug-likeness (QED) is 0.311. The van der Waals surface area contributed by atoms with Gasteiger partial charge < -0.3 is 9.47 Å². The van der Waals surface area contributed by atoms with Gasteiger partial charge in [-0.25, -0.2) is 0 Å². The summed E-state index contributed by atoms with van der Waals surface area (Å²) < 4.78 is 12.3. The molecule has 0 aromatic heterocycles. The predicted molar refractivity (Wildman–Crippen MR) is 121 cm³/mol. The summed E-state index contributed by atoms with van der Waals surface area (Å²) in [6.45, 7) is 4.52. The van der Waals surface area contributed by atoms with E-state index in [9.17, 15) is 5.26 Å². The molecule has 3 rings (SSSR count). The molecule has 0 saturated carbocycles. The van der Waals surface area contributed by atoms with Crippen molar-refractivity contribution >= 4 is 27.6 Å². The van der Waals surface area contributed by atoms with Gasteiger partial charge in [0, 0.05) is 0 Å². The first-order valence-corrected chi connectivity index (χ1v) is 10.0. The van der Waals surface area contributed by atoms with Crippen LogP contribution in [0.4, 0.5) is 0 Å². The van der Waals surface area contributed by atoms with Gasteiger partial charge in [0.2, 0.25) is 0 Å². The Kier molecular flexibility index (Phi) is 6.74. The number of nitriles is 1. The number of methoxy groups -OCH3 is 1. The molecule has 0 saturated heterocycles. The van der Waals surface area contributed by atoms with Gasteiger partial charge in [-0.15, -0.1) is 0 Å². The number of ether oxygens (including phenoxy) is 2. The number of rotatable bonds is 6. The highest BCUT2D eigenvalue weighted by molar-refractivity contribution is 9.10. The molecule has 0 spiro atoms. The van der Waals surface area contributed by atoms with Crippen molar-refractivity contribution in [2.75, 3.05) is 7.11 Å². The number of allylic oxidation sites excluding steroid dienone is 1. The van der Waals surface area contributed by atoms with E-state index in [2.05, 4.69) is 41.1 Å². The molecule has 0 aliphatic rings. The molecule has 29 heavy (non-hydrogen) atoms. The minimum Gasteiger partial charge on any atom is -0.493 e. The fourth-order valence-electron chi connectivity index (χ4n) is 2.88. The maximum Gasteiger partial charge on any atom is 0.175 e. The van der Waals surface area contributed by atoms with Gasteiger partial charge in [-0.05, 0) is 64.7 Å². The number of halogens is 1. The second-order valence-corrected chi connectivity index (χ2v) is 7.70. The zero-order valence-electron chi connectivity index (χ0n) is 16.7. The molecule has 0 amide bonds. The van der Waals surface area contributed by atoms with E-state index in [1.165, 1.54) is 5.56 Å². The topological polar surface area (TPSA) is 42.2 Å². The molecule has 0 heterocycles. The van der Waals surface area contributed by atoms with Crippen LogP contribution in [0.5, 0.6) is 11.5 Å². The second-order valence-electron chi connectivity index (χ2n) is 6.84. The molecule has 4 heteroatoms. The molecule has 0 N–H and O–H groups in total. The summed E-state index contributed by atoms with van der Waals surface area (Å²) in [5, 5.41) is 9.60. The summed E-state index contributed by atoms with van der Waals surface area (Å²) in [5.41, 5.74) is 5.78. The van der Waals surface area contributed by atoms with Crippen LogP contribution in [0.25, 0.3) is 11.6 Å². The first-order chi connectivity index (χ1) is 14.0. The summed E-state index contributed by atoms with van der Waals surface area (Å²) in [4.78, 5) is 0. The Balaban J connectivity index is 1.88. The van der Waals surface area contributed by atoms with E-state index < -0.39 is 0 Å². The molecular weight excluding hydrogens is 426 g/mol. The van der Waals surface area contributed by atoms with Crippen LogP contribution in [-0.4, -0.2) is 7.11 Å². The average molecular weight is 448 g/mol. The van der Waals surface area contributed by atoms with E-state index in [-0.39, 0.29) is 0 Å². The maximum absolute atomic E-state index is 9.60. The van der Waals surface area contributed by atoms with Gasteiger partial charge >= 0.3 is 0 Å². The van der Waals surface area contributed by atoms with Gasteiger partial charge in [0.05, 0.1) is 23.2 Å². The lowest BCUT2D eigenvalue weighted by Crippen LogP contribution is -1.99. The number of hydrogen-bond acceptors (Lipinski definition) is 3. The van der Waals surface area contributed by atoms with Crippen molar-refractivity contribution in [3.05, 3.63) is 93.0 Å². The van der Waals surface area contributed by atoms with Crippen LogP contribution in [0.3, 0.4) is 0 Å². The summed E-state index contributed by atoms with van der Waals surface area (Å²) >= 11 is 3.58. The lowest BCUT2D eigenvalue weighted by molar-refractivity contribution is 0.282. The van der Waals surface area contributed by atoms with Gasteiger partial charge in [0.1, 0.15) is 6.61 Å². The van der Waals surface area contributed by atoms with Crippen LogP contribution in [0.15, 0.2) is 65.1 Å². The van der Waals surface area contributed by atoms with Crippen molar-refractivity contribution in [3.63, 3.8) is 0 Å².